The molecule has 1 aromatic rings. The Hall–Kier alpha value is -1.36. The molecular weight excluding hydrogens is 242 g/mol. The van der Waals surface area contributed by atoms with Crippen LogP contribution in [0.3, 0.4) is 0 Å². The number of alkyl halides is 1. The highest BCUT2D eigenvalue weighted by atomic mass is 35.5. The van der Waals surface area contributed by atoms with E-state index in [-0.39, 0.29) is 23.2 Å². The van der Waals surface area contributed by atoms with Crippen molar-refractivity contribution in [2.45, 2.75) is 25.3 Å². The summed E-state index contributed by atoms with van der Waals surface area (Å²) < 4.78 is 0. The van der Waals surface area contributed by atoms with Crippen molar-refractivity contribution in [1.29, 1.82) is 0 Å². The monoisotopic (exact) mass is 255 g/mol. The number of carbonyl (C=O) groups excluding carboxylic acids is 1. The van der Waals surface area contributed by atoms with Crippen LogP contribution < -0.4 is 10.9 Å². The number of hydrogen-bond donors (Lipinski definition) is 2. The number of aromatic amines is 1. The molecule has 2 unspecified atom stereocenters. The SMILES string of the molecule is O=C(NC1CCCC1CCl)c1ccc(=O)[nH]n1. The summed E-state index contributed by atoms with van der Waals surface area (Å²) >= 11 is 5.84. The molecule has 2 N–H and O–H groups in total. The normalized spacial score (nSPS) is 23.6. The van der Waals surface area contributed by atoms with Gasteiger partial charge in [0.1, 0.15) is 5.69 Å². The number of nitrogens with zero attached hydrogens (tertiary/aromatic N) is 1. The fourth-order valence-corrected chi connectivity index (χ4v) is 2.49. The van der Waals surface area contributed by atoms with E-state index in [1.54, 1.807) is 0 Å². The summed E-state index contributed by atoms with van der Waals surface area (Å²) in [6, 6.07) is 2.82. The molecule has 1 aromatic heterocycles. The van der Waals surface area contributed by atoms with Gasteiger partial charge in [-0.25, -0.2) is 5.10 Å². The summed E-state index contributed by atoms with van der Waals surface area (Å²) in [4.78, 5) is 22.7. The molecule has 1 saturated carbocycles. The molecule has 92 valence electrons. The first-order valence-corrected chi connectivity index (χ1v) is 6.16. The molecule has 1 aliphatic carbocycles. The van der Waals surface area contributed by atoms with E-state index >= 15 is 0 Å². The van der Waals surface area contributed by atoms with Crippen LogP contribution in [0.15, 0.2) is 16.9 Å². The first kappa shape index (κ1) is 12.1. The lowest BCUT2D eigenvalue weighted by Gasteiger charge is -2.18. The van der Waals surface area contributed by atoms with E-state index in [1.165, 1.54) is 12.1 Å². The van der Waals surface area contributed by atoms with Gasteiger partial charge in [0.2, 0.25) is 0 Å². The largest absolute Gasteiger partial charge is 0.348 e. The van der Waals surface area contributed by atoms with Gasteiger partial charge < -0.3 is 5.32 Å². The highest BCUT2D eigenvalue weighted by Gasteiger charge is 2.28. The smallest absolute Gasteiger partial charge is 0.271 e. The Morgan fingerprint density at radius 3 is 3.00 bits per heavy atom. The van der Waals surface area contributed by atoms with Crippen molar-refractivity contribution in [1.82, 2.24) is 15.5 Å². The van der Waals surface area contributed by atoms with Crippen LogP contribution in [0.2, 0.25) is 0 Å². The molecule has 2 atom stereocenters. The van der Waals surface area contributed by atoms with E-state index in [9.17, 15) is 9.59 Å². The van der Waals surface area contributed by atoms with E-state index < -0.39 is 0 Å². The maximum Gasteiger partial charge on any atom is 0.271 e. The van der Waals surface area contributed by atoms with Crippen molar-refractivity contribution in [2.24, 2.45) is 5.92 Å². The summed E-state index contributed by atoms with van der Waals surface area (Å²) in [5.74, 6) is 0.635. The van der Waals surface area contributed by atoms with Gasteiger partial charge in [-0.1, -0.05) is 6.42 Å². The Morgan fingerprint density at radius 1 is 1.53 bits per heavy atom. The van der Waals surface area contributed by atoms with Crippen molar-refractivity contribution < 1.29 is 4.79 Å². The summed E-state index contributed by atoms with van der Waals surface area (Å²) in [5, 5.41) is 8.83. The third-order valence-corrected chi connectivity index (χ3v) is 3.48. The molecule has 1 fully saturated rings. The van der Waals surface area contributed by atoms with Crippen molar-refractivity contribution in [3.8, 4) is 0 Å². The molecule has 1 aliphatic rings. The van der Waals surface area contributed by atoms with Gasteiger partial charge >= 0.3 is 0 Å². The zero-order valence-corrected chi connectivity index (χ0v) is 10.0. The van der Waals surface area contributed by atoms with Gasteiger partial charge in [0.05, 0.1) is 0 Å². The van der Waals surface area contributed by atoms with Gasteiger partial charge in [-0.2, -0.15) is 5.10 Å². The predicted molar refractivity (Wildman–Crippen MR) is 64.2 cm³/mol. The van der Waals surface area contributed by atoms with E-state index in [1.807, 2.05) is 0 Å². The second kappa shape index (κ2) is 5.31. The van der Waals surface area contributed by atoms with Crippen LogP contribution in [-0.2, 0) is 0 Å². The predicted octanol–water partition coefficient (Wildman–Crippen LogP) is 0.907. The van der Waals surface area contributed by atoms with Crippen LogP contribution in [0.1, 0.15) is 29.8 Å². The van der Waals surface area contributed by atoms with Gasteiger partial charge in [-0.3, -0.25) is 9.59 Å². The van der Waals surface area contributed by atoms with Crippen LogP contribution in [-0.4, -0.2) is 28.0 Å². The molecule has 1 amide bonds. The summed E-state index contributed by atoms with van der Waals surface area (Å²) in [6.07, 6.45) is 3.08. The Kier molecular flexibility index (Phi) is 3.78. The van der Waals surface area contributed by atoms with E-state index in [0.717, 1.165) is 19.3 Å². The number of carbonyl (C=O) groups is 1. The number of halogens is 1. The average molecular weight is 256 g/mol. The quantitative estimate of drug-likeness (QED) is 0.789. The second-order valence-corrected chi connectivity index (χ2v) is 4.54. The lowest BCUT2D eigenvalue weighted by Crippen LogP contribution is -2.38. The Morgan fingerprint density at radius 2 is 2.35 bits per heavy atom. The third-order valence-electron chi connectivity index (χ3n) is 3.09. The van der Waals surface area contributed by atoms with Gasteiger partial charge in [0.15, 0.2) is 0 Å². The number of nitrogens with one attached hydrogen (secondary N) is 2. The fourth-order valence-electron chi connectivity index (χ4n) is 2.12. The maximum atomic E-state index is 11.8. The molecule has 0 saturated heterocycles. The fraction of sp³-hybridized carbons (Fsp3) is 0.545. The highest BCUT2D eigenvalue weighted by molar-refractivity contribution is 6.18. The zero-order valence-electron chi connectivity index (χ0n) is 9.28. The van der Waals surface area contributed by atoms with Crippen molar-refractivity contribution in [3.63, 3.8) is 0 Å². The first-order chi connectivity index (χ1) is 8.20. The molecule has 6 heteroatoms. The number of amides is 1. The molecular formula is C11H14ClN3O2. The minimum atomic E-state index is -0.318. The van der Waals surface area contributed by atoms with Gasteiger partial charge in [-0.15, -0.1) is 11.6 Å². The van der Waals surface area contributed by atoms with Crippen molar-refractivity contribution in [2.75, 3.05) is 5.88 Å². The minimum Gasteiger partial charge on any atom is -0.348 e. The lowest BCUT2D eigenvalue weighted by atomic mass is 10.1. The van der Waals surface area contributed by atoms with Gasteiger partial charge in [0, 0.05) is 18.0 Å². The Balaban J connectivity index is 2.01. The highest BCUT2D eigenvalue weighted by Crippen LogP contribution is 2.26. The van der Waals surface area contributed by atoms with Crippen LogP contribution in [0.5, 0.6) is 0 Å². The molecule has 0 spiro atoms. The summed E-state index contributed by atoms with van der Waals surface area (Å²) in [6.45, 7) is 0. The average Bonchev–Trinajstić information content (AvgIpc) is 2.77. The van der Waals surface area contributed by atoms with E-state index in [2.05, 4.69) is 15.5 Å². The molecule has 1 heterocycles. The molecule has 5 nitrogen and oxygen atoms in total. The second-order valence-electron chi connectivity index (χ2n) is 4.23. The number of rotatable bonds is 3. The molecule has 0 aliphatic heterocycles. The third kappa shape index (κ3) is 2.85. The van der Waals surface area contributed by atoms with E-state index in [0.29, 0.717) is 11.8 Å². The Labute approximate surface area is 104 Å². The first-order valence-electron chi connectivity index (χ1n) is 5.63. The number of H-pyrrole nitrogens is 1. The standard InChI is InChI=1S/C11H14ClN3O2/c12-6-7-2-1-3-8(7)13-11(17)9-4-5-10(16)15-14-9/h4-5,7-8H,1-3,6H2,(H,13,17)(H,15,16). The molecule has 0 radical (unpaired) electrons. The van der Waals surface area contributed by atoms with Gasteiger partial charge in [-0.05, 0) is 24.8 Å². The molecule has 0 aromatic carbocycles. The molecule has 2 rings (SSSR count). The number of aromatic nitrogens is 2. The maximum absolute atomic E-state index is 11.8. The van der Waals surface area contributed by atoms with Gasteiger partial charge in [0.25, 0.3) is 11.5 Å². The molecule has 17 heavy (non-hydrogen) atoms. The topological polar surface area (TPSA) is 74.8 Å². The summed E-state index contributed by atoms with van der Waals surface area (Å²) in [7, 11) is 0. The molecule has 0 bridgehead atoms. The zero-order chi connectivity index (χ0) is 12.3. The van der Waals surface area contributed by atoms with Crippen LogP contribution in [0.4, 0.5) is 0 Å². The summed E-state index contributed by atoms with van der Waals surface area (Å²) in [5.41, 5.74) is -0.0918. The Bertz CT molecular complexity index is 440. The van der Waals surface area contributed by atoms with Crippen LogP contribution >= 0.6 is 11.6 Å². The van der Waals surface area contributed by atoms with Crippen molar-refractivity contribution in [3.05, 3.63) is 28.2 Å². The minimum absolute atomic E-state index is 0.119. The van der Waals surface area contributed by atoms with Crippen molar-refractivity contribution >= 4 is 17.5 Å². The van der Waals surface area contributed by atoms with Crippen LogP contribution in [0, 0.1) is 5.92 Å². The number of hydrogen-bond acceptors (Lipinski definition) is 3. The van der Waals surface area contributed by atoms with E-state index in [4.69, 9.17) is 11.6 Å². The lowest BCUT2D eigenvalue weighted by molar-refractivity contribution is 0.0924. The van der Waals surface area contributed by atoms with Crippen LogP contribution in [0.25, 0.3) is 0 Å².